The summed E-state index contributed by atoms with van der Waals surface area (Å²) in [5, 5.41) is 2.69. The van der Waals surface area contributed by atoms with E-state index in [-0.39, 0.29) is 18.5 Å². The number of alkyl halides is 3. The molecule has 0 bridgehead atoms. The summed E-state index contributed by atoms with van der Waals surface area (Å²) in [6.07, 6.45) is -0.552. The van der Waals surface area contributed by atoms with Gasteiger partial charge in [0.25, 0.3) is 0 Å². The van der Waals surface area contributed by atoms with Gasteiger partial charge in [-0.3, -0.25) is 4.98 Å². The Kier molecular flexibility index (Phi) is 6.64. The molecule has 7 heteroatoms. The van der Waals surface area contributed by atoms with Gasteiger partial charge in [-0.05, 0) is 30.9 Å². The quantitative estimate of drug-likeness (QED) is 0.868. The van der Waals surface area contributed by atoms with Crippen LogP contribution in [0.3, 0.4) is 0 Å². The highest BCUT2D eigenvalue weighted by Crippen LogP contribution is 2.22. The fourth-order valence-corrected chi connectivity index (χ4v) is 2.12. The Balaban J connectivity index is 2.82. The summed E-state index contributed by atoms with van der Waals surface area (Å²) in [4.78, 5) is 16.9. The summed E-state index contributed by atoms with van der Waals surface area (Å²) in [5.74, 6) is 0.281. The molecule has 1 aromatic heterocycles. The average molecular weight is 317 g/mol. The van der Waals surface area contributed by atoms with Gasteiger partial charge in [-0.1, -0.05) is 19.9 Å². The smallest absolute Gasteiger partial charge is 0.331 e. The lowest BCUT2D eigenvalue weighted by Crippen LogP contribution is -2.46. The number of rotatable bonds is 6. The molecule has 22 heavy (non-hydrogen) atoms. The van der Waals surface area contributed by atoms with E-state index in [0.717, 1.165) is 10.5 Å². The first kappa shape index (κ1) is 18.3. The third-order valence-corrected chi connectivity index (χ3v) is 3.13. The summed E-state index contributed by atoms with van der Waals surface area (Å²) in [7, 11) is 0. The van der Waals surface area contributed by atoms with Gasteiger partial charge in [-0.25, -0.2) is 4.79 Å². The van der Waals surface area contributed by atoms with Gasteiger partial charge in [-0.2, -0.15) is 13.2 Å². The van der Waals surface area contributed by atoms with Crippen LogP contribution in [-0.2, 0) is 0 Å². The van der Waals surface area contributed by atoms with Gasteiger partial charge in [0.05, 0.1) is 6.04 Å². The molecule has 0 saturated carbocycles. The van der Waals surface area contributed by atoms with Crippen molar-refractivity contribution in [2.45, 2.75) is 39.4 Å². The van der Waals surface area contributed by atoms with Crippen molar-refractivity contribution in [3.63, 3.8) is 0 Å². The Morgan fingerprint density at radius 1 is 1.41 bits per heavy atom. The molecular weight excluding hydrogens is 295 g/mol. The molecule has 0 fully saturated rings. The van der Waals surface area contributed by atoms with Gasteiger partial charge in [0, 0.05) is 18.9 Å². The third kappa shape index (κ3) is 6.32. The first-order valence-corrected chi connectivity index (χ1v) is 7.25. The Hall–Kier alpha value is -1.79. The fraction of sp³-hybridized carbons (Fsp3) is 0.600. The van der Waals surface area contributed by atoms with E-state index >= 15 is 0 Å². The Labute approximate surface area is 128 Å². The van der Waals surface area contributed by atoms with Crippen LogP contribution in [0.5, 0.6) is 0 Å². The van der Waals surface area contributed by atoms with Crippen molar-refractivity contribution >= 4 is 6.03 Å². The van der Waals surface area contributed by atoms with Gasteiger partial charge in [-0.15, -0.1) is 0 Å². The number of pyridine rings is 1. The number of amides is 2. The summed E-state index contributed by atoms with van der Waals surface area (Å²) in [6.45, 7) is 4.24. The van der Waals surface area contributed by atoms with Crippen LogP contribution in [0.2, 0.25) is 0 Å². The van der Waals surface area contributed by atoms with Gasteiger partial charge in [0.2, 0.25) is 0 Å². The van der Waals surface area contributed by atoms with Crippen molar-refractivity contribution in [1.82, 2.24) is 15.2 Å². The Morgan fingerprint density at radius 2 is 2.09 bits per heavy atom. The predicted octanol–water partition coefficient (Wildman–Crippen LogP) is 3.76. The van der Waals surface area contributed by atoms with E-state index in [4.69, 9.17) is 0 Å². The second kappa shape index (κ2) is 8.00. The first-order chi connectivity index (χ1) is 10.2. The Bertz CT molecular complexity index is 463. The second-order valence-corrected chi connectivity index (χ2v) is 5.55. The predicted molar refractivity (Wildman–Crippen MR) is 78.3 cm³/mol. The van der Waals surface area contributed by atoms with Crippen LogP contribution in [0.15, 0.2) is 24.5 Å². The molecule has 4 nitrogen and oxygen atoms in total. The SMILES string of the molecule is CCN(CC(F)(F)F)C(=O)N[C@H](CC(C)C)c1cccnc1. The molecule has 0 radical (unpaired) electrons. The lowest BCUT2D eigenvalue weighted by Gasteiger charge is -2.27. The van der Waals surface area contributed by atoms with E-state index in [1.54, 1.807) is 24.5 Å². The first-order valence-electron chi connectivity index (χ1n) is 7.25. The molecule has 0 aliphatic carbocycles. The molecule has 1 heterocycles. The number of halogens is 3. The zero-order valence-electron chi connectivity index (χ0n) is 13.0. The van der Waals surface area contributed by atoms with Crippen molar-refractivity contribution in [3.8, 4) is 0 Å². The molecule has 0 saturated heterocycles. The van der Waals surface area contributed by atoms with E-state index in [2.05, 4.69) is 10.3 Å². The van der Waals surface area contributed by atoms with E-state index in [9.17, 15) is 18.0 Å². The van der Waals surface area contributed by atoms with E-state index in [0.29, 0.717) is 6.42 Å². The lowest BCUT2D eigenvalue weighted by atomic mass is 9.98. The monoisotopic (exact) mass is 317 g/mol. The number of aromatic nitrogens is 1. The van der Waals surface area contributed by atoms with Crippen LogP contribution in [0, 0.1) is 5.92 Å². The van der Waals surface area contributed by atoms with Crippen LogP contribution < -0.4 is 5.32 Å². The van der Waals surface area contributed by atoms with Crippen LogP contribution in [0.4, 0.5) is 18.0 Å². The van der Waals surface area contributed by atoms with Crippen LogP contribution in [0.1, 0.15) is 38.8 Å². The molecule has 0 aromatic carbocycles. The maximum atomic E-state index is 12.5. The highest BCUT2D eigenvalue weighted by Gasteiger charge is 2.33. The minimum absolute atomic E-state index is 0.00716. The number of nitrogens with one attached hydrogen (secondary N) is 1. The van der Waals surface area contributed by atoms with Crippen molar-refractivity contribution in [1.29, 1.82) is 0 Å². The summed E-state index contributed by atoms with van der Waals surface area (Å²) >= 11 is 0. The number of hydrogen-bond donors (Lipinski definition) is 1. The topological polar surface area (TPSA) is 45.2 Å². The highest BCUT2D eigenvalue weighted by molar-refractivity contribution is 5.74. The second-order valence-electron chi connectivity index (χ2n) is 5.55. The largest absolute Gasteiger partial charge is 0.406 e. The molecule has 1 atom stereocenters. The van der Waals surface area contributed by atoms with Crippen molar-refractivity contribution in [2.75, 3.05) is 13.1 Å². The molecular formula is C15H22F3N3O. The van der Waals surface area contributed by atoms with E-state index < -0.39 is 18.8 Å². The van der Waals surface area contributed by atoms with Gasteiger partial charge >= 0.3 is 12.2 Å². The molecule has 1 N–H and O–H groups in total. The Morgan fingerprint density at radius 3 is 2.55 bits per heavy atom. The van der Waals surface area contributed by atoms with E-state index in [1.807, 2.05) is 13.8 Å². The van der Waals surface area contributed by atoms with Gasteiger partial charge < -0.3 is 10.2 Å². The fourth-order valence-electron chi connectivity index (χ4n) is 2.12. The maximum absolute atomic E-state index is 12.5. The average Bonchev–Trinajstić information content (AvgIpc) is 2.43. The standard InChI is InChI=1S/C15H22F3N3O/c1-4-21(10-15(16,17)18)14(22)20-13(8-11(2)3)12-6-5-7-19-9-12/h5-7,9,11,13H,4,8,10H2,1-3H3,(H,20,22)/t13-/m1/s1. The van der Waals surface area contributed by atoms with Crippen molar-refractivity contribution < 1.29 is 18.0 Å². The normalized spacial score (nSPS) is 13.0. The van der Waals surface area contributed by atoms with E-state index in [1.165, 1.54) is 6.92 Å². The van der Waals surface area contributed by atoms with Gasteiger partial charge in [0.1, 0.15) is 6.54 Å². The van der Waals surface area contributed by atoms with Crippen molar-refractivity contribution in [2.24, 2.45) is 5.92 Å². The summed E-state index contributed by atoms with van der Waals surface area (Å²) < 4.78 is 37.5. The summed E-state index contributed by atoms with van der Waals surface area (Å²) in [5.41, 5.74) is 0.785. The third-order valence-electron chi connectivity index (χ3n) is 3.13. The molecule has 1 rings (SSSR count). The molecule has 0 aliphatic heterocycles. The number of carbonyl (C=O) groups is 1. The zero-order valence-corrected chi connectivity index (χ0v) is 13.0. The lowest BCUT2D eigenvalue weighted by molar-refractivity contribution is -0.139. The highest BCUT2D eigenvalue weighted by atomic mass is 19.4. The minimum atomic E-state index is -4.41. The number of nitrogens with zero attached hydrogens (tertiary/aromatic N) is 2. The molecule has 0 unspecified atom stereocenters. The number of hydrogen-bond acceptors (Lipinski definition) is 2. The maximum Gasteiger partial charge on any atom is 0.406 e. The minimum Gasteiger partial charge on any atom is -0.331 e. The molecule has 2 amide bonds. The van der Waals surface area contributed by atoms with Crippen LogP contribution in [-0.4, -0.2) is 35.2 Å². The van der Waals surface area contributed by atoms with Crippen LogP contribution in [0.25, 0.3) is 0 Å². The van der Waals surface area contributed by atoms with Crippen LogP contribution >= 0.6 is 0 Å². The molecule has 0 spiro atoms. The number of urea groups is 1. The molecule has 1 aromatic rings. The number of carbonyl (C=O) groups excluding carboxylic acids is 1. The molecule has 0 aliphatic rings. The van der Waals surface area contributed by atoms with Crippen molar-refractivity contribution in [3.05, 3.63) is 30.1 Å². The summed E-state index contributed by atoms with van der Waals surface area (Å²) in [6, 6.07) is 2.47. The zero-order chi connectivity index (χ0) is 16.8. The molecule has 124 valence electrons. The van der Waals surface area contributed by atoms with Gasteiger partial charge in [0.15, 0.2) is 0 Å².